The first kappa shape index (κ1) is 87.8. The minimum atomic E-state index is -2.55. The van der Waals surface area contributed by atoms with Crippen molar-refractivity contribution in [3.05, 3.63) is 35.9 Å². The Balaban J connectivity index is 2.34. The maximum atomic E-state index is 14.8. The van der Waals surface area contributed by atoms with Gasteiger partial charge in [0.2, 0.25) is 82.7 Å². The van der Waals surface area contributed by atoms with Crippen LogP contribution in [0.4, 0.5) is 0 Å². The highest BCUT2D eigenvalue weighted by molar-refractivity contribution is 6.01. The molecule has 2 heterocycles. The molecule has 33 nitrogen and oxygen atoms in total. The third-order valence-corrected chi connectivity index (χ3v) is 18.3. The number of aliphatic hydroxyl groups is 5. The summed E-state index contributed by atoms with van der Waals surface area (Å²) in [6, 6.07) is -11.5. The molecule has 0 bridgehead atoms. The summed E-state index contributed by atoms with van der Waals surface area (Å²) in [5.41, 5.74) is 11.6. The first-order chi connectivity index (χ1) is 47.9. The highest BCUT2D eigenvalue weighted by atomic mass is 16.3. The number of benzene rings is 1. The predicted octanol–water partition coefficient (Wildman–Crippen LogP) is -3.32. The van der Waals surface area contributed by atoms with Gasteiger partial charge in [0.05, 0.1) is 18.3 Å². The van der Waals surface area contributed by atoms with Crippen LogP contribution < -0.4 is 64.6 Å². The monoisotopic (exact) mass is 1440 g/mol. The van der Waals surface area contributed by atoms with Gasteiger partial charge in [0, 0.05) is 45.5 Å². The minimum Gasteiger partial charge on any atom is -0.396 e. The van der Waals surface area contributed by atoms with Crippen molar-refractivity contribution < 1.29 is 92.7 Å². The number of nitrogens with one attached hydrogen (secondary N) is 10. The van der Waals surface area contributed by atoms with Gasteiger partial charge in [-0.3, -0.25) is 67.1 Å². The van der Waals surface area contributed by atoms with E-state index in [1.54, 1.807) is 65.0 Å². The normalized spacial score (nSPS) is 26.9. The molecule has 2 aliphatic heterocycles. The summed E-state index contributed by atoms with van der Waals surface area (Å²) in [6.45, 7) is 16.2. The molecule has 0 spiro atoms. The average molecular weight is 1440 g/mol. The number of rotatable bonds is 24. The molecule has 1 aromatic carbocycles. The van der Waals surface area contributed by atoms with Gasteiger partial charge >= 0.3 is 0 Å². The Labute approximate surface area is 596 Å². The van der Waals surface area contributed by atoms with E-state index < -0.39 is 230 Å². The van der Waals surface area contributed by atoms with Crippen molar-refractivity contribution in [2.24, 2.45) is 35.1 Å². The van der Waals surface area contributed by atoms with Gasteiger partial charge in [0.25, 0.3) is 0 Å². The van der Waals surface area contributed by atoms with Crippen molar-refractivity contribution in [3.8, 4) is 0 Å². The third kappa shape index (κ3) is 27.1. The van der Waals surface area contributed by atoms with E-state index in [-0.39, 0.29) is 51.0 Å². The molecule has 574 valence electrons. The van der Waals surface area contributed by atoms with Crippen molar-refractivity contribution in [3.63, 3.8) is 0 Å². The molecule has 33 heteroatoms. The van der Waals surface area contributed by atoms with Crippen LogP contribution in [0.2, 0.25) is 0 Å². The first-order valence-electron chi connectivity index (χ1n) is 35.5. The van der Waals surface area contributed by atoms with Gasteiger partial charge in [-0.15, -0.1) is 0 Å². The molecule has 2 saturated heterocycles. The van der Waals surface area contributed by atoms with Crippen LogP contribution in [0.25, 0.3) is 0 Å². The van der Waals surface area contributed by atoms with E-state index in [2.05, 4.69) is 53.2 Å². The van der Waals surface area contributed by atoms with E-state index in [9.17, 15) is 92.7 Å². The zero-order valence-corrected chi connectivity index (χ0v) is 61.0. The second-order valence-corrected chi connectivity index (χ2v) is 28.0. The van der Waals surface area contributed by atoms with Gasteiger partial charge in [-0.05, 0) is 81.6 Å². The molecule has 19 N–H and O–H groups in total. The number of carbonyl (C=O) groups is 14. The largest absolute Gasteiger partial charge is 0.396 e. The van der Waals surface area contributed by atoms with E-state index >= 15 is 0 Å². The lowest BCUT2D eigenvalue weighted by Crippen LogP contribution is -2.65. The minimum absolute atomic E-state index is 0.0261. The highest BCUT2D eigenvalue weighted by Crippen LogP contribution is 2.23. The SMILES string of the molecule is CCCCCCC[C@@H]1CC(=O)N[C@@H](C(C)C)C(=O)N[C@@H]([C@H](O)C(C)C)C(=O)N[C@@H](CCO)C(=O)N[C@H](CC(C)C)C(=O)N[C@@H](CCC(N)=O)C(=O)N(C)C([C@@H](C)CC)C(=O)N[C@@H]([C@H](O)C(N)=O)C(=O)N[C@@H]([C@@H](C)O)C(=O)N2CCC[C@H]2C(=O)N[C@H](Cc2ccccc2)C(=O)N[C@@H]([C@@H](C)O)C(=O)N1. The first-order valence-corrected chi connectivity index (χ1v) is 35.5. The number of nitrogens with zero attached hydrogens (tertiary/aromatic N) is 2. The van der Waals surface area contributed by atoms with Crippen LogP contribution in [-0.2, 0) is 73.5 Å². The zero-order valence-electron chi connectivity index (χ0n) is 61.0. The summed E-state index contributed by atoms with van der Waals surface area (Å²) in [6.07, 6.45) is -5.70. The van der Waals surface area contributed by atoms with E-state index in [1.807, 2.05) is 6.92 Å². The van der Waals surface area contributed by atoms with Crippen LogP contribution in [0.1, 0.15) is 172 Å². The smallest absolute Gasteiger partial charge is 0.248 e. The molecule has 1 aromatic rings. The molecule has 17 atom stereocenters. The molecule has 3 rings (SSSR count). The molecule has 14 amide bonds. The van der Waals surface area contributed by atoms with E-state index in [0.29, 0.717) is 18.4 Å². The van der Waals surface area contributed by atoms with E-state index in [0.717, 1.165) is 43.0 Å². The Kier molecular flexibility index (Phi) is 36.9. The molecular formula is C69H114N14O19. The number of hydrogen-bond acceptors (Lipinski definition) is 19. The average Bonchev–Trinajstić information content (AvgIpc) is 1.36. The number of carbonyl (C=O) groups excluding carboxylic acids is 14. The maximum absolute atomic E-state index is 14.8. The van der Waals surface area contributed by atoms with E-state index in [1.165, 1.54) is 27.7 Å². The van der Waals surface area contributed by atoms with Gasteiger partial charge in [0.15, 0.2) is 6.10 Å². The fourth-order valence-corrected chi connectivity index (χ4v) is 12.1. The summed E-state index contributed by atoms with van der Waals surface area (Å²) < 4.78 is 0. The van der Waals surface area contributed by atoms with E-state index in [4.69, 9.17) is 11.5 Å². The Morgan fingerprint density at radius 2 is 1.08 bits per heavy atom. The van der Waals surface area contributed by atoms with Crippen molar-refractivity contribution in [2.45, 2.75) is 269 Å². The quantitative estimate of drug-likeness (QED) is 0.0450. The standard InChI is InChI=1S/C69H114N14O19/c1-13-15-16-17-21-25-42-34-49(88)77-50(36(5)6)63(96)80-53(56(89)37(7)8)65(98)73-43(29-31-84)59(92)75-45(32-35(3)4)60(93)74-44(27-28-48(70)87)68(101)82(12)55(38(9)14-2)67(100)81-54(57(90)58(71)91)66(99)79-52(40(11)86)69(102)83-30-22-26-47(83)62(95)76-46(33-41-23-19-18-20-24-41)61(94)78-51(39(10)85)64(97)72-42/h18-20,23-24,35-40,42-47,50-57,84-86,89-90H,13-17,21-22,25-34H2,1-12H3,(H2,70,87)(H2,71,91)(H,72,97)(H,73,98)(H,74,93)(H,75,92)(H,76,95)(H,77,88)(H,78,94)(H,79,99)(H,80,96)(H,81,100)/t38-,39+,40+,42+,43-,44-,45+,46+,47-,50-,51-,52-,53-,54-,55?,56+,57-/m0/s1. The van der Waals surface area contributed by atoms with Crippen molar-refractivity contribution in [1.82, 2.24) is 63.0 Å². The summed E-state index contributed by atoms with van der Waals surface area (Å²) in [4.78, 5) is 201. The number of aliphatic hydroxyl groups excluding tert-OH is 5. The molecule has 0 aromatic heterocycles. The lowest BCUT2D eigenvalue weighted by atomic mass is 9.95. The number of likely N-dealkylation sites (N-methyl/N-ethyl adjacent to an activating group) is 1. The van der Waals surface area contributed by atoms with Crippen LogP contribution in [0.15, 0.2) is 30.3 Å². The van der Waals surface area contributed by atoms with Crippen LogP contribution in [0.3, 0.4) is 0 Å². The number of nitrogens with two attached hydrogens (primary N) is 2. The number of hydrogen-bond donors (Lipinski definition) is 17. The van der Waals surface area contributed by atoms with Gasteiger partial charge in [0.1, 0.15) is 66.5 Å². The molecule has 2 aliphatic rings. The maximum Gasteiger partial charge on any atom is 0.248 e. The fraction of sp³-hybridized carbons (Fsp3) is 0.710. The molecule has 102 heavy (non-hydrogen) atoms. The molecule has 0 saturated carbocycles. The van der Waals surface area contributed by atoms with Crippen molar-refractivity contribution in [2.75, 3.05) is 20.2 Å². The Morgan fingerprint density at radius 1 is 0.549 bits per heavy atom. The number of unbranched alkanes of at least 4 members (excludes halogenated alkanes) is 4. The lowest BCUT2D eigenvalue weighted by Gasteiger charge is -2.36. The van der Waals surface area contributed by atoms with Gasteiger partial charge in [-0.1, -0.05) is 131 Å². The van der Waals surface area contributed by atoms with Crippen molar-refractivity contribution >= 4 is 82.7 Å². The molecule has 0 radical (unpaired) electrons. The number of fused-ring (bicyclic) bond motifs is 1. The van der Waals surface area contributed by atoms with Crippen molar-refractivity contribution in [1.29, 1.82) is 0 Å². The fourth-order valence-electron chi connectivity index (χ4n) is 12.1. The summed E-state index contributed by atoms with van der Waals surface area (Å²) in [5.74, 6) is -17.7. The summed E-state index contributed by atoms with van der Waals surface area (Å²) in [5, 5.41) is 80.7. The second kappa shape index (κ2) is 42.9. The number of primary amides is 2. The Hall–Kier alpha value is -8.40. The van der Waals surface area contributed by atoms with Gasteiger partial charge in [-0.2, -0.15) is 0 Å². The summed E-state index contributed by atoms with van der Waals surface area (Å²) in [7, 11) is 1.14. The second-order valence-electron chi connectivity index (χ2n) is 28.0. The lowest BCUT2D eigenvalue weighted by molar-refractivity contribution is -0.148. The molecular weight excluding hydrogens is 1330 g/mol. The van der Waals surface area contributed by atoms with Gasteiger partial charge in [-0.25, -0.2) is 0 Å². The number of amides is 14. The van der Waals surface area contributed by atoms with Crippen LogP contribution >= 0.6 is 0 Å². The Bertz CT molecular complexity index is 3010. The zero-order chi connectivity index (χ0) is 77.0. The third-order valence-electron chi connectivity index (χ3n) is 18.3. The Morgan fingerprint density at radius 3 is 1.64 bits per heavy atom. The molecule has 1 unspecified atom stereocenters. The topological polar surface area (TPSA) is 519 Å². The predicted molar refractivity (Wildman–Crippen MR) is 372 cm³/mol. The summed E-state index contributed by atoms with van der Waals surface area (Å²) >= 11 is 0. The molecule has 2 fully saturated rings. The van der Waals surface area contributed by atoms with Gasteiger partial charge < -0.3 is 100.0 Å². The van der Waals surface area contributed by atoms with Crippen LogP contribution in [0, 0.1) is 23.7 Å². The van der Waals surface area contributed by atoms with Crippen LogP contribution in [-0.4, -0.2) is 235 Å². The molecule has 0 aliphatic carbocycles. The van der Waals surface area contributed by atoms with Crippen LogP contribution in [0.5, 0.6) is 0 Å². The highest BCUT2D eigenvalue weighted by Gasteiger charge is 2.46.